The Kier molecular flexibility index (Phi) is 4.32. The molecule has 31 heavy (non-hydrogen) atoms. The number of carboxylic acids is 1. The minimum Gasteiger partial charge on any atom is -0.478 e. The van der Waals surface area contributed by atoms with Crippen LogP contribution in [0.25, 0.3) is 22.9 Å². The predicted molar refractivity (Wildman–Crippen MR) is 110 cm³/mol. The molecule has 0 bridgehead atoms. The van der Waals surface area contributed by atoms with Gasteiger partial charge in [-0.3, -0.25) is 9.59 Å². The van der Waals surface area contributed by atoms with Crippen LogP contribution in [-0.2, 0) is 9.59 Å². The third kappa shape index (κ3) is 3.14. The van der Waals surface area contributed by atoms with E-state index in [1.165, 1.54) is 17.0 Å². The summed E-state index contributed by atoms with van der Waals surface area (Å²) in [5.74, 6) is -2.04. The number of nitrogens with zero attached hydrogens (tertiary/aromatic N) is 3. The number of allylic oxidation sites excluding steroid dienone is 2. The van der Waals surface area contributed by atoms with Crippen molar-refractivity contribution in [2.75, 3.05) is 4.90 Å². The number of carbonyl (C=O) groups excluding carboxylic acids is 2. The second-order valence-electron chi connectivity index (χ2n) is 7.18. The number of hydrogen-bond acceptors (Lipinski definition) is 6. The number of aromatic carboxylic acids is 1. The van der Waals surface area contributed by atoms with E-state index in [1.807, 2.05) is 0 Å². The van der Waals surface area contributed by atoms with Crippen molar-refractivity contribution >= 4 is 23.5 Å². The Bertz CT molecular complexity index is 1240. The topological polar surface area (TPSA) is 114 Å². The Balaban J connectivity index is 1.40. The summed E-state index contributed by atoms with van der Waals surface area (Å²) in [4.78, 5) is 37.7. The first-order valence-corrected chi connectivity index (χ1v) is 9.53. The van der Waals surface area contributed by atoms with Crippen molar-refractivity contribution < 1.29 is 23.9 Å². The molecule has 0 spiro atoms. The smallest absolute Gasteiger partial charge is 0.335 e. The lowest BCUT2D eigenvalue weighted by atomic mass is 9.91. The van der Waals surface area contributed by atoms with E-state index >= 15 is 0 Å². The maximum atomic E-state index is 12.7. The van der Waals surface area contributed by atoms with Crippen molar-refractivity contribution in [3.8, 4) is 22.9 Å². The van der Waals surface area contributed by atoms with Gasteiger partial charge in [0, 0.05) is 11.1 Å². The van der Waals surface area contributed by atoms with E-state index in [-0.39, 0.29) is 29.2 Å². The number of amides is 2. The molecule has 3 aromatic rings. The van der Waals surface area contributed by atoms with Gasteiger partial charge in [0.15, 0.2) is 0 Å². The highest BCUT2D eigenvalue weighted by atomic mass is 16.4. The molecule has 1 aromatic heterocycles. The fourth-order valence-electron chi connectivity index (χ4n) is 3.74. The summed E-state index contributed by atoms with van der Waals surface area (Å²) in [6, 6.07) is 12.9. The number of aromatic nitrogens is 2. The molecule has 1 aliphatic carbocycles. The van der Waals surface area contributed by atoms with Crippen LogP contribution in [0.2, 0.25) is 0 Å². The van der Waals surface area contributed by atoms with E-state index in [0.717, 1.165) is 0 Å². The van der Waals surface area contributed by atoms with Gasteiger partial charge < -0.3 is 9.52 Å². The van der Waals surface area contributed by atoms with Crippen LogP contribution < -0.4 is 4.90 Å². The largest absolute Gasteiger partial charge is 0.478 e. The lowest BCUT2D eigenvalue weighted by molar-refractivity contribution is -0.122. The van der Waals surface area contributed by atoms with Gasteiger partial charge in [-0.25, -0.2) is 9.69 Å². The zero-order valence-electron chi connectivity index (χ0n) is 16.0. The van der Waals surface area contributed by atoms with Crippen LogP contribution >= 0.6 is 0 Å². The van der Waals surface area contributed by atoms with Gasteiger partial charge in [-0.05, 0) is 42.5 Å². The normalized spacial score (nSPS) is 19.7. The molecule has 1 N–H and O–H groups in total. The molecule has 0 saturated carbocycles. The van der Waals surface area contributed by atoms with Gasteiger partial charge in [-0.1, -0.05) is 30.4 Å². The fourth-order valence-corrected chi connectivity index (χ4v) is 3.74. The van der Waals surface area contributed by atoms with Crippen LogP contribution in [0.15, 0.2) is 77.3 Å². The average molecular weight is 413 g/mol. The van der Waals surface area contributed by atoms with Gasteiger partial charge in [0.25, 0.3) is 0 Å². The van der Waals surface area contributed by atoms with Gasteiger partial charge in [-0.2, -0.15) is 0 Å². The van der Waals surface area contributed by atoms with Crippen LogP contribution in [0, 0.1) is 11.8 Å². The Morgan fingerprint density at radius 1 is 0.871 bits per heavy atom. The first-order chi connectivity index (χ1) is 15.0. The highest BCUT2D eigenvalue weighted by Gasteiger charge is 2.46. The van der Waals surface area contributed by atoms with Crippen molar-refractivity contribution in [3.63, 3.8) is 0 Å². The summed E-state index contributed by atoms with van der Waals surface area (Å²) in [6.45, 7) is 0. The Morgan fingerprint density at radius 3 is 2.10 bits per heavy atom. The molecule has 8 heteroatoms. The molecule has 2 atom stereocenters. The molecule has 1 aliphatic heterocycles. The average Bonchev–Trinajstić information content (AvgIpc) is 3.38. The highest BCUT2D eigenvalue weighted by molar-refractivity contribution is 6.23. The molecule has 0 radical (unpaired) electrons. The summed E-state index contributed by atoms with van der Waals surface area (Å²) in [6.07, 6.45) is 7.05. The molecule has 8 nitrogen and oxygen atoms in total. The number of carbonyl (C=O) groups is 3. The molecular formula is C23H15N3O5. The number of fused-ring (bicyclic) bond motifs is 1. The standard InChI is InChI=1S/C23H15N3O5/c27-21-17-6-1-2-7-18(17)22(28)26(21)16-10-8-13(9-11-16)19-24-25-20(31-19)14-4-3-5-15(12-14)23(29)30/h1-12,17-18H,(H,29,30). The van der Waals surface area contributed by atoms with Crippen molar-refractivity contribution in [2.24, 2.45) is 11.8 Å². The Labute approximate surface area is 176 Å². The predicted octanol–water partition coefficient (Wildman–Crippen LogP) is 3.33. The molecule has 152 valence electrons. The summed E-state index contributed by atoms with van der Waals surface area (Å²) in [5, 5.41) is 17.2. The third-order valence-corrected chi connectivity index (χ3v) is 5.30. The van der Waals surface area contributed by atoms with Crippen LogP contribution in [0.5, 0.6) is 0 Å². The number of hydrogen-bond donors (Lipinski definition) is 1. The van der Waals surface area contributed by atoms with Crippen LogP contribution in [0.1, 0.15) is 10.4 Å². The van der Waals surface area contributed by atoms with Crippen molar-refractivity contribution in [2.45, 2.75) is 0 Å². The van der Waals surface area contributed by atoms with E-state index < -0.39 is 17.8 Å². The molecule has 2 heterocycles. The van der Waals surface area contributed by atoms with E-state index in [0.29, 0.717) is 16.8 Å². The summed E-state index contributed by atoms with van der Waals surface area (Å²) < 4.78 is 5.69. The van der Waals surface area contributed by atoms with E-state index in [9.17, 15) is 14.4 Å². The monoisotopic (exact) mass is 413 g/mol. The molecular weight excluding hydrogens is 398 g/mol. The lowest BCUT2D eigenvalue weighted by Crippen LogP contribution is -2.30. The third-order valence-electron chi connectivity index (χ3n) is 5.30. The molecule has 2 amide bonds. The summed E-state index contributed by atoms with van der Waals surface area (Å²) in [5.41, 5.74) is 1.69. The Hall–Kier alpha value is -4.33. The maximum absolute atomic E-state index is 12.7. The summed E-state index contributed by atoms with van der Waals surface area (Å²) in [7, 11) is 0. The van der Waals surface area contributed by atoms with Gasteiger partial charge in [-0.15, -0.1) is 10.2 Å². The number of benzene rings is 2. The second kappa shape index (κ2) is 7.17. The molecule has 1 fully saturated rings. The molecule has 1 saturated heterocycles. The van der Waals surface area contributed by atoms with E-state index in [4.69, 9.17) is 9.52 Å². The van der Waals surface area contributed by atoms with Gasteiger partial charge in [0.05, 0.1) is 23.1 Å². The first-order valence-electron chi connectivity index (χ1n) is 9.53. The molecule has 2 aliphatic rings. The number of rotatable bonds is 4. The van der Waals surface area contributed by atoms with Crippen LogP contribution in [0.4, 0.5) is 5.69 Å². The van der Waals surface area contributed by atoms with Gasteiger partial charge in [0.1, 0.15) is 0 Å². The SMILES string of the molecule is O=C(O)c1cccc(-c2nnc(-c3ccc(N4C(=O)C5C=CC=CC5C4=O)cc3)o2)c1. The zero-order chi connectivity index (χ0) is 21.5. The van der Waals surface area contributed by atoms with E-state index in [1.54, 1.807) is 60.7 Å². The fraction of sp³-hybridized carbons (Fsp3) is 0.0870. The van der Waals surface area contributed by atoms with Gasteiger partial charge in [0.2, 0.25) is 23.6 Å². The number of imide groups is 1. The maximum Gasteiger partial charge on any atom is 0.335 e. The van der Waals surface area contributed by atoms with Crippen molar-refractivity contribution in [3.05, 3.63) is 78.4 Å². The minimum atomic E-state index is -1.05. The molecule has 5 rings (SSSR count). The Morgan fingerprint density at radius 2 is 1.48 bits per heavy atom. The van der Waals surface area contributed by atoms with Crippen molar-refractivity contribution in [1.82, 2.24) is 10.2 Å². The second-order valence-corrected chi connectivity index (χ2v) is 7.18. The molecule has 2 unspecified atom stereocenters. The zero-order valence-corrected chi connectivity index (χ0v) is 16.0. The summed E-state index contributed by atoms with van der Waals surface area (Å²) >= 11 is 0. The van der Waals surface area contributed by atoms with Gasteiger partial charge >= 0.3 is 5.97 Å². The van der Waals surface area contributed by atoms with E-state index in [2.05, 4.69) is 10.2 Å². The highest BCUT2D eigenvalue weighted by Crippen LogP contribution is 2.35. The minimum absolute atomic E-state index is 0.117. The first kappa shape index (κ1) is 18.7. The van der Waals surface area contributed by atoms with Crippen LogP contribution in [0.3, 0.4) is 0 Å². The molecule has 2 aromatic carbocycles. The van der Waals surface area contributed by atoms with Crippen LogP contribution in [-0.4, -0.2) is 33.1 Å². The number of anilines is 1. The number of carboxylic acid groups (broad SMARTS) is 1. The lowest BCUT2D eigenvalue weighted by Gasteiger charge is -2.14. The quantitative estimate of drug-likeness (QED) is 0.653. The van der Waals surface area contributed by atoms with Crippen molar-refractivity contribution in [1.29, 1.82) is 0 Å².